The van der Waals surface area contributed by atoms with Crippen molar-refractivity contribution in [2.24, 2.45) is 0 Å². The molecule has 1 aliphatic heterocycles. The molecule has 1 saturated heterocycles. The third-order valence-electron chi connectivity index (χ3n) is 6.10. The van der Waals surface area contributed by atoms with Gasteiger partial charge in [-0.25, -0.2) is 9.50 Å². The molecule has 0 saturated carbocycles. The molecule has 168 valence electrons. The third kappa shape index (κ3) is 3.89. The van der Waals surface area contributed by atoms with Crippen molar-refractivity contribution in [3.8, 4) is 17.0 Å². The number of nitrogens with zero attached hydrogens (tertiary/aromatic N) is 5. The number of aromatic nitrogens is 3. The monoisotopic (exact) mass is 461 g/mol. The van der Waals surface area contributed by atoms with Gasteiger partial charge in [0.25, 0.3) is 5.91 Å². The molecule has 0 N–H and O–H groups in total. The van der Waals surface area contributed by atoms with Crippen LogP contribution in [0.5, 0.6) is 5.75 Å². The molecule has 0 bridgehead atoms. The van der Waals surface area contributed by atoms with E-state index in [-0.39, 0.29) is 5.91 Å². The van der Waals surface area contributed by atoms with E-state index in [1.54, 1.807) is 17.8 Å². The molecule has 7 nitrogen and oxygen atoms in total. The molecule has 1 fully saturated rings. The summed E-state index contributed by atoms with van der Waals surface area (Å²) >= 11 is 6.34. The number of ether oxygens (including phenoxy) is 1. The molecule has 1 amide bonds. The maximum Gasteiger partial charge on any atom is 0.257 e. The van der Waals surface area contributed by atoms with Crippen LogP contribution >= 0.6 is 11.6 Å². The van der Waals surface area contributed by atoms with Crippen molar-refractivity contribution in [2.45, 2.75) is 6.92 Å². The first-order chi connectivity index (χ1) is 16.1. The second kappa shape index (κ2) is 8.75. The highest BCUT2D eigenvalue weighted by Gasteiger charge is 2.26. The van der Waals surface area contributed by atoms with Crippen molar-refractivity contribution in [2.75, 3.05) is 38.2 Å². The van der Waals surface area contributed by atoms with Crippen molar-refractivity contribution in [1.29, 1.82) is 0 Å². The molecule has 2 aromatic heterocycles. The second-order valence-corrected chi connectivity index (χ2v) is 8.40. The number of fused-ring (bicyclic) bond motifs is 1. The SMILES string of the molecule is COc1ccccc1N1CCN(C(=O)c2cnc3cc(-c4ccccc4Cl)nn3c2C)CC1. The smallest absolute Gasteiger partial charge is 0.257 e. The Morgan fingerprint density at radius 1 is 1.03 bits per heavy atom. The average Bonchev–Trinajstić information content (AvgIpc) is 3.29. The zero-order chi connectivity index (χ0) is 22.9. The minimum atomic E-state index is -0.0311. The van der Waals surface area contributed by atoms with Crippen LogP contribution in [0.4, 0.5) is 5.69 Å². The van der Waals surface area contributed by atoms with Crippen molar-refractivity contribution in [1.82, 2.24) is 19.5 Å². The first-order valence-corrected chi connectivity index (χ1v) is 11.2. The van der Waals surface area contributed by atoms with E-state index in [0.29, 0.717) is 29.3 Å². The molecule has 1 aliphatic rings. The van der Waals surface area contributed by atoms with E-state index < -0.39 is 0 Å². The summed E-state index contributed by atoms with van der Waals surface area (Å²) in [5.74, 6) is 0.812. The third-order valence-corrected chi connectivity index (χ3v) is 6.43. The Balaban J connectivity index is 1.37. The van der Waals surface area contributed by atoms with Gasteiger partial charge < -0.3 is 14.5 Å². The van der Waals surface area contributed by atoms with E-state index in [9.17, 15) is 4.79 Å². The normalized spacial score (nSPS) is 14.0. The average molecular weight is 462 g/mol. The lowest BCUT2D eigenvalue weighted by Crippen LogP contribution is -2.49. The predicted octanol–water partition coefficient (Wildman–Crippen LogP) is 4.33. The van der Waals surface area contributed by atoms with E-state index >= 15 is 0 Å². The predicted molar refractivity (Wildman–Crippen MR) is 129 cm³/mol. The summed E-state index contributed by atoms with van der Waals surface area (Å²) in [6.45, 7) is 4.62. The van der Waals surface area contributed by atoms with Crippen LogP contribution < -0.4 is 9.64 Å². The molecule has 0 unspecified atom stereocenters. The molecule has 4 aromatic rings. The number of hydrogen-bond acceptors (Lipinski definition) is 5. The minimum Gasteiger partial charge on any atom is -0.495 e. The zero-order valence-electron chi connectivity index (χ0n) is 18.5. The first-order valence-electron chi connectivity index (χ1n) is 10.8. The van der Waals surface area contributed by atoms with Crippen LogP contribution in [0.25, 0.3) is 16.9 Å². The number of anilines is 1. The highest BCUT2D eigenvalue weighted by atomic mass is 35.5. The number of hydrogen-bond donors (Lipinski definition) is 0. The van der Waals surface area contributed by atoms with Crippen molar-refractivity contribution >= 4 is 28.8 Å². The summed E-state index contributed by atoms with van der Waals surface area (Å²) in [6.07, 6.45) is 1.65. The molecule has 3 heterocycles. The number of amides is 1. The maximum absolute atomic E-state index is 13.3. The fourth-order valence-electron chi connectivity index (χ4n) is 4.27. The van der Waals surface area contributed by atoms with Crippen LogP contribution in [0.2, 0.25) is 5.02 Å². The van der Waals surface area contributed by atoms with E-state index in [2.05, 4.69) is 15.0 Å². The Bertz CT molecular complexity index is 1330. The number of carbonyl (C=O) groups excluding carboxylic acids is 1. The van der Waals surface area contributed by atoms with Gasteiger partial charge in [-0.2, -0.15) is 5.10 Å². The van der Waals surface area contributed by atoms with Gasteiger partial charge in [0.05, 0.1) is 34.8 Å². The Morgan fingerprint density at radius 2 is 1.76 bits per heavy atom. The van der Waals surface area contributed by atoms with Crippen LogP contribution in [0.15, 0.2) is 60.8 Å². The molecule has 5 rings (SSSR count). The summed E-state index contributed by atoms with van der Waals surface area (Å²) in [4.78, 5) is 22.0. The Kier molecular flexibility index (Phi) is 5.64. The number of rotatable bonds is 4. The van der Waals surface area contributed by atoms with Crippen molar-refractivity contribution in [3.63, 3.8) is 0 Å². The molecular weight excluding hydrogens is 438 g/mol. The molecule has 0 radical (unpaired) electrons. The lowest BCUT2D eigenvalue weighted by Gasteiger charge is -2.36. The largest absolute Gasteiger partial charge is 0.495 e. The fourth-order valence-corrected chi connectivity index (χ4v) is 4.50. The van der Waals surface area contributed by atoms with Crippen LogP contribution in [0.3, 0.4) is 0 Å². The van der Waals surface area contributed by atoms with E-state index in [0.717, 1.165) is 41.5 Å². The van der Waals surface area contributed by atoms with Gasteiger partial charge in [0.15, 0.2) is 5.65 Å². The number of aryl methyl sites for hydroxylation is 1. The van der Waals surface area contributed by atoms with Crippen molar-refractivity contribution in [3.05, 3.63) is 77.1 Å². The van der Waals surface area contributed by atoms with Gasteiger partial charge in [-0.15, -0.1) is 0 Å². The molecule has 33 heavy (non-hydrogen) atoms. The quantitative estimate of drug-likeness (QED) is 0.452. The maximum atomic E-state index is 13.3. The zero-order valence-corrected chi connectivity index (χ0v) is 19.3. The standard InChI is InChI=1S/C25H24ClN5O2/c1-17-19(16-27-24-15-21(28-31(17)24)18-7-3-4-8-20(18)26)25(32)30-13-11-29(12-14-30)22-9-5-6-10-23(22)33-2/h3-10,15-16H,11-14H2,1-2H3. The number of benzene rings is 2. The topological polar surface area (TPSA) is 63.0 Å². The number of piperazine rings is 1. The fraction of sp³-hybridized carbons (Fsp3) is 0.240. The van der Waals surface area contributed by atoms with Crippen LogP contribution in [0.1, 0.15) is 16.1 Å². The van der Waals surface area contributed by atoms with E-state index in [1.165, 1.54) is 0 Å². The summed E-state index contributed by atoms with van der Waals surface area (Å²) < 4.78 is 7.21. The van der Waals surface area contributed by atoms with Gasteiger partial charge in [-0.05, 0) is 25.1 Å². The molecule has 8 heteroatoms. The van der Waals surface area contributed by atoms with Crippen LogP contribution in [-0.4, -0.2) is 58.7 Å². The van der Waals surface area contributed by atoms with E-state index in [4.69, 9.17) is 16.3 Å². The molecular formula is C25H24ClN5O2. The van der Waals surface area contributed by atoms with Crippen molar-refractivity contribution < 1.29 is 9.53 Å². The van der Waals surface area contributed by atoms with Gasteiger partial charge in [-0.1, -0.05) is 41.9 Å². The van der Waals surface area contributed by atoms with Crippen LogP contribution in [-0.2, 0) is 0 Å². The highest BCUT2D eigenvalue weighted by molar-refractivity contribution is 6.33. The van der Waals surface area contributed by atoms with Gasteiger partial charge in [-0.3, -0.25) is 4.79 Å². The highest BCUT2D eigenvalue weighted by Crippen LogP contribution is 2.29. The lowest BCUT2D eigenvalue weighted by molar-refractivity contribution is 0.0744. The summed E-state index contributed by atoms with van der Waals surface area (Å²) in [6, 6.07) is 17.4. The van der Waals surface area contributed by atoms with Gasteiger partial charge in [0.1, 0.15) is 5.75 Å². The number of methoxy groups -OCH3 is 1. The summed E-state index contributed by atoms with van der Waals surface area (Å²) in [5, 5.41) is 5.31. The first kappa shape index (κ1) is 21.3. The van der Waals surface area contributed by atoms with Crippen LogP contribution in [0, 0.1) is 6.92 Å². The molecule has 2 aromatic carbocycles. The summed E-state index contributed by atoms with van der Waals surface area (Å²) in [5.41, 5.74) is 4.61. The van der Waals surface area contributed by atoms with Gasteiger partial charge >= 0.3 is 0 Å². The van der Waals surface area contributed by atoms with Gasteiger partial charge in [0.2, 0.25) is 0 Å². The lowest BCUT2D eigenvalue weighted by atomic mass is 10.1. The molecule has 0 atom stereocenters. The Morgan fingerprint density at radius 3 is 2.52 bits per heavy atom. The Labute approximate surface area is 197 Å². The number of halogens is 1. The summed E-state index contributed by atoms with van der Waals surface area (Å²) in [7, 11) is 1.68. The van der Waals surface area contributed by atoms with E-state index in [1.807, 2.05) is 66.4 Å². The minimum absolute atomic E-state index is 0.0311. The number of para-hydroxylation sites is 2. The van der Waals surface area contributed by atoms with Gasteiger partial charge in [0, 0.05) is 44.0 Å². The number of carbonyl (C=O) groups is 1. The molecule has 0 spiro atoms. The second-order valence-electron chi connectivity index (χ2n) is 7.99. The Hall–Kier alpha value is -3.58. The molecule has 0 aliphatic carbocycles.